The van der Waals surface area contributed by atoms with Crippen molar-refractivity contribution >= 4 is 16.4 Å². The van der Waals surface area contributed by atoms with Crippen LogP contribution in [-0.4, -0.2) is 38.8 Å². The molecule has 8 nitrogen and oxygen atoms in total. The van der Waals surface area contributed by atoms with Gasteiger partial charge in [-0.2, -0.15) is 0 Å². The maximum absolute atomic E-state index is 6.50. The second kappa shape index (κ2) is 8.30. The van der Waals surface area contributed by atoms with Crippen LogP contribution in [0, 0.1) is 0 Å². The minimum absolute atomic E-state index is 0.236. The molecular weight excluding hydrogens is 466 g/mol. The van der Waals surface area contributed by atoms with Gasteiger partial charge < -0.3 is 14.2 Å². The topological polar surface area (TPSA) is 83.7 Å². The average Bonchev–Trinajstić information content (AvgIpc) is 3.41. The van der Waals surface area contributed by atoms with E-state index >= 15 is 0 Å². The zero-order valence-electron chi connectivity index (χ0n) is 20.1. The average molecular weight is 488 g/mol. The normalized spacial score (nSPS) is 14.2. The maximum atomic E-state index is 6.50. The summed E-state index contributed by atoms with van der Waals surface area (Å²) in [4.78, 5) is 14.0. The summed E-state index contributed by atoms with van der Waals surface area (Å²) in [6, 6.07) is 24.0. The predicted octanol–water partition coefficient (Wildman–Crippen LogP) is 5.64. The van der Waals surface area contributed by atoms with Gasteiger partial charge in [-0.1, -0.05) is 48.5 Å². The lowest BCUT2D eigenvalue weighted by Crippen LogP contribution is -2.15. The Bertz CT molecular complexity index is 1800. The number of pyridine rings is 1. The van der Waals surface area contributed by atoms with Gasteiger partial charge in [-0.3, -0.25) is 4.98 Å². The first-order valence-corrected chi connectivity index (χ1v) is 11.8. The molecule has 37 heavy (non-hydrogen) atoms. The summed E-state index contributed by atoms with van der Waals surface area (Å²) in [7, 11) is 3.27. The van der Waals surface area contributed by atoms with E-state index in [0.29, 0.717) is 34.5 Å². The highest BCUT2D eigenvalue weighted by Gasteiger charge is 2.35. The van der Waals surface area contributed by atoms with Gasteiger partial charge in [0.25, 0.3) is 0 Å². The third kappa shape index (κ3) is 3.30. The van der Waals surface area contributed by atoms with Crippen LogP contribution in [0.5, 0.6) is 23.1 Å². The van der Waals surface area contributed by atoms with E-state index in [2.05, 4.69) is 39.3 Å². The molecule has 0 N–H and O–H groups in total. The Morgan fingerprint density at radius 2 is 1.73 bits per heavy atom. The van der Waals surface area contributed by atoms with Gasteiger partial charge >= 0.3 is 0 Å². The van der Waals surface area contributed by atoms with E-state index in [4.69, 9.17) is 19.2 Å². The van der Waals surface area contributed by atoms with Crippen molar-refractivity contribution in [2.45, 2.75) is 5.92 Å². The largest absolute Gasteiger partial charge is 0.493 e. The molecule has 0 amide bonds. The van der Waals surface area contributed by atoms with Gasteiger partial charge in [-0.15, -0.1) is 5.10 Å². The third-order valence-electron chi connectivity index (χ3n) is 6.73. The second-order valence-corrected chi connectivity index (χ2v) is 8.74. The van der Waals surface area contributed by atoms with Gasteiger partial charge in [-0.05, 0) is 35.2 Å². The fraction of sp³-hybridized carbons (Fsp3) is 0.103. The molecule has 3 aromatic carbocycles. The Kier molecular flexibility index (Phi) is 4.78. The first kappa shape index (κ1) is 21.3. The fourth-order valence-electron chi connectivity index (χ4n) is 5.03. The van der Waals surface area contributed by atoms with E-state index in [1.165, 1.54) is 0 Å². The van der Waals surface area contributed by atoms with Crippen LogP contribution < -0.4 is 14.2 Å². The van der Waals surface area contributed by atoms with Crippen LogP contribution in [0.4, 0.5) is 0 Å². The Hall–Kier alpha value is -4.98. The van der Waals surface area contributed by atoms with Crippen LogP contribution in [0.15, 0.2) is 85.3 Å². The molecule has 0 aliphatic carbocycles. The molecular formula is C29H21N5O3. The van der Waals surface area contributed by atoms with Crippen molar-refractivity contribution in [3.8, 4) is 34.6 Å². The molecule has 0 fully saturated rings. The van der Waals surface area contributed by atoms with Gasteiger partial charge in [0.2, 0.25) is 11.7 Å². The lowest BCUT2D eigenvalue weighted by molar-refractivity contribution is 0.354. The summed E-state index contributed by atoms with van der Waals surface area (Å²) >= 11 is 0. The van der Waals surface area contributed by atoms with Crippen molar-refractivity contribution in [1.82, 2.24) is 24.6 Å². The lowest BCUT2D eigenvalue weighted by Gasteiger charge is -2.29. The summed E-state index contributed by atoms with van der Waals surface area (Å²) < 4.78 is 19.3. The van der Waals surface area contributed by atoms with Crippen LogP contribution in [-0.2, 0) is 0 Å². The number of fused-ring (bicyclic) bond motifs is 6. The molecule has 0 spiro atoms. The maximum Gasteiger partial charge on any atom is 0.228 e. The highest BCUT2D eigenvalue weighted by molar-refractivity contribution is 5.91. The summed E-state index contributed by atoms with van der Waals surface area (Å²) in [6.45, 7) is 0. The molecule has 0 radical (unpaired) electrons. The Labute approximate surface area is 212 Å². The lowest BCUT2D eigenvalue weighted by atomic mass is 9.82. The van der Waals surface area contributed by atoms with Crippen LogP contribution >= 0.6 is 0 Å². The molecule has 1 atom stereocenters. The van der Waals surface area contributed by atoms with E-state index in [0.717, 1.165) is 33.2 Å². The summed E-state index contributed by atoms with van der Waals surface area (Å²) in [5.74, 6) is 2.87. The zero-order valence-corrected chi connectivity index (χ0v) is 20.1. The zero-order chi connectivity index (χ0) is 24.9. The summed E-state index contributed by atoms with van der Waals surface area (Å²) in [5, 5.41) is 6.78. The molecule has 0 saturated carbocycles. The van der Waals surface area contributed by atoms with Crippen LogP contribution in [0.1, 0.15) is 22.6 Å². The highest BCUT2D eigenvalue weighted by Crippen LogP contribution is 2.51. The molecule has 0 unspecified atom stereocenters. The Balaban J connectivity index is 1.52. The standard InChI is InChI=1S/C29H21N5O3/c1-35-22-13-11-18(15-23(22)36-2)24-20-12-10-17-7-3-4-8-19(17)26(20)37-29-25(24)28-32-27(33-34(28)16-31-29)21-9-5-6-14-30-21/h3-16,24H,1-2H3/t24-/m1/s1. The van der Waals surface area contributed by atoms with Crippen LogP contribution in [0.25, 0.3) is 27.9 Å². The van der Waals surface area contributed by atoms with Crippen molar-refractivity contribution in [1.29, 1.82) is 0 Å². The summed E-state index contributed by atoms with van der Waals surface area (Å²) in [5.41, 5.74) is 4.17. The quantitative estimate of drug-likeness (QED) is 0.318. The number of benzene rings is 3. The number of hydrogen-bond acceptors (Lipinski definition) is 7. The van der Waals surface area contributed by atoms with E-state index in [1.54, 1.807) is 31.3 Å². The number of ether oxygens (including phenoxy) is 3. The highest BCUT2D eigenvalue weighted by atomic mass is 16.5. The predicted molar refractivity (Wildman–Crippen MR) is 139 cm³/mol. The Morgan fingerprint density at radius 1 is 0.865 bits per heavy atom. The molecule has 6 aromatic rings. The number of methoxy groups -OCH3 is 2. The molecule has 1 aliphatic rings. The molecule has 0 bridgehead atoms. The van der Waals surface area contributed by atoms with E-state index in [1.807, 2.05) is 48.5 Å². The van der Waals surface area contributed by atoms with Crippen LogP contribution in [0.3, 0.4) is 0 Å². The van der Waals surface area contributed by atoms with Crippen molar-refractivity contribution in [2.75, 3.05) is 14.2 Å². The van der Waals surface area contributed by atoms with E-state index in [-0.39, 0.29) is 5.92 Å². The molecule has 0 saturated heterocycles. The number of rotatable bonds is 4. The molecule has 8 heteroatoms. The van der Waals surface area contributed by atoms with E-state index < -0.39 is 0 Å². The molecule has 4 heterocycles. The van der Waals surface area contributed by atoms with Gasteiger partial charge in [0.1, 0.15) is 17.8 Å². The van der Waals surface area contributed by atoms with Gasteiger partial charge in [0.15, 0.2) is 17.1 Å². The monoisotopic (exact) mass is 487 g/mol. The van der Waals surface area contributed by atoms with E-state index in [9.17, 15) is 0 Å². The molecule has 1 aliphatic heterocycles. The molecule has 3 aromatic heterocycles. The fourth-order valence-corrected chi connectivity index (χ4v) is 5.03. The van der Waals surface area contributed by atoms with Gasteiger partial charge in [0.05, 0.1) is 19.8 Å². The summed E-state index contributed by atoms with van der Waals surface area (Å²) in [6.07, 6.45) is 3.36. The van der Waals surface area contributed by atoms with Gasteiger partial charge in [0, 0.05) is 23.1 Å². The minimum Gasteiger partial charge on any atom is -0.493 e. The number of nitrogens with zero attached hydrogens (tertiary/aromatic N) is 5. The first-order chi connectivity index (χ1) is 18.2. The van der Waals surface area contributed by atoms with Crippen molar-refractivity contribution < 1.29 is 14.2 Å². The first-order valence-electron chi connectivity index (χ1n) is 11.8. The van der Waals surface area contributed by atoms with Crippen molar-refractivity contribution in [3.05, 3.63) is 102 Å². The van der Waals surface area contributed by atoms with Crippen molar-refractivity contribution in [2.24, 2.45) is 0 Å². The smallest absolute Gasteiger partial charge is 0.228 e. The molecule has 7 rings (SSSR count). The van der Waals surface area contributed by atoms with Gasteiger partial charge in [-0.25, -0.2) is 14.5 Å². The number of aromatic nitrogens is 5. The number of hydrogen-bond donors (Lipinski definition) is 0. The second-order valence-electron chi connectivity index (χ2n) is 8.74. The Morgan fingerprint density at radius 3 is 2.57 bits per heavy atom. The third-order valence-corrected chi connectivity index (χ3v) is 6.73. The van der Waals surface area contributed by atoms with Crippen LogP contribution in [0.2, 0.25) is 0 Å². The SMILES string of the molecule is COc1ccc([C@@H]2c3ccc4ccccc4c3Oc3ncn4nc(-c5ccccn5)nc4c32)cc1OC. The van der Waals surface area contributed by atoms with Crippen molar-refractivity contribution in [3.63, 3.8) is 0 Å². The minimum atomic E-state index is -0.236. The molecule has 180 valence electrons.